The third kappa shape index (κ3) is 1.82. The van der Waals surface area contributed by atoms with Gasteiger partial charge >= 0.3 is 0 Å². The van der Waals surface area contributed by atoms with Crippen molar-refractivity contribution in [3.63, 3.8) is 0 Å². The summed E-state index contributed by atoms with van der Waals surface area (Å²) >= 11 is 0. The summed E-state index contributed by atoms with van der Waals surface area (Å²) in [5, 5.41) is 3.46. The predicted octanol–water partition coefficient (Wildman–Crippen LogP) is 2.93. The summed E-state index contributed by atoms with van der Waals surface area (Å²) in [6.45, 7) is 12.3. The highest BCUT2D eigenvalue weighted by Gasteiger charge is 2.47. The van der Waals surface area contributed by atoms with E-state index in [4.69, 9.17) is 4.74 Å². The fourth-order valence-corrected chi connectivity index (χ4v) is 2.61. The molecule has 1 rings (SSSR count). The van der Waals surface area contributed by atoms with E-state index in [9.17, 15) is 0 Å². The van der Waals surface area contributed by atoms with Crippen LogP contribution in [-0.4, -0.2) is 18.4 Å². The first kappa shape index (κ1) is 12.0. The maximum atomic E-state index is 6.23. The summed E-state index contributed by atoms with van der Waals surface area (Å²) in [4.78, 5) is 0. The van der Waals surface area contributed by atoms with Crippen LogP contribution in [0.3, 0.4) is 0 Å². The van der Waals surface area contributed by atoms with E-state index in [1.807, 2.05) is 0 Å². The first-order valence-corrected chi connectivity index (χ1v) is 5.92. The van der Waals surface area contributed by atoms with E-state index in [1.54, 1.807) is 0 Å². The summed E-state index contributed by atoms with van der Waals surface area (Å²) in [5.41, 5.74) is 0.307. The minimum Gasteiger partial charge on any atom is -0.356 e. The van der Waals surface area contributed by atoms with Crippen molar-refractivity contribution in [2.24, 2.45) is 5.41 Å². The summed E-state index contributed by atoms with van der Waals surface area (Å²) < 4.78 is 6.23. The molecule has 1 atom stereocenters. The fourth-order valence-electron chi connectivity index (χ4n) is 2.61. The van der Waals surface area contributed by atoms with Gasteiger partial charge in [-0.3, -0.25) is 5.32 Å². The van der Waals surface area contributed by atoms with Crippen LogP contribution in [0, 0.1) is 5.41 Å². The second kappa shape index (κ2) is 4.19. The monoisotopic (exact) mass is 199 g/mol. The second-order valence-corrected chi connectivity index (χ2v) is 4.98. The van der Waals surface area contributed by atoms with E-state index in [2.05, 4.69) is 39.9 Å². The Labute approximate surface area is 88.4 Å². The molecule has 0 aromatic rings. The quantitative estimate of drug-likeness (QED) is 0.754. The van der Waals surface area contributed by atoms with Gasteiger partial charge in [0.15, 0.2) is 0 Å². The molecule has 0 aliphatic carbocycles. The normalized spacial score (nSPS) is 30.2. The Morgan fingerprint density at radius 1 is 1.21 bits per heavy atom. The maximum absolute atomic E-state index is 6.23. The van der Waals surface area contributed by atoms with Crippen LogP contribution < -0.4 is 5.32 Å². The summed E-state index contributed by atoms with van der Waals surface area (Å²) in [7, 11) is 0. The van der Waals surface area contributed by atoms with Crippen molar-refractivity contribution in [2.45, 2.75) is 65.7 Å². The van der Waals surface area contributed by atoms with Crippen molar-refractivity contribution in [1.82, 2.24) is 5.32 Å². The SMILES string of the molecule is CCC1NCC(C)(C)C(CC)(CC)O1. The lowest BCUT2D eigenvalue weighted by Gasteiger charge is -2.52. The molecule has 1 heterocycles. The molecule has 0 saturated carbocycles. The molecule has 0 aromatic carbocycles. The van der Waals surface area contributed by atoms with Gasteiger partial charge in [0.25, 0.3) is 0 Å². The molecule has 0 amide bonds. The standard InChI is InChI=1S/C12H25NO/c1-6-10-13-9-11(4,5)12(7-2,8-3)14-10/h10,13H,6-9H2,1-5H3. The second-order valence-electron chi connectivity index (χ2n) is 4.98. The molecule has 84 valence electrons. The first-order valence-electron chi connectivity index (χ1n) is 5.92. The van der Waals surface area contributed by atoms with Crippen molar-refractivity contribution >= 4 is 0 Å². The van der Waals surface area contributed by atoms with Crippen molar-refractivity contribution in [1.29, 1.82) is 0 Å². The van der Waals surface area contributed by atoms with Crippen molar-refractivity contribution in [3.8, 4) is 0 Å². The number of rotatable bonds is 3. The lowest BCUT2D eigenvalue weighted by Crippen LogP contribution is -2.60. The molecule has 0 aromatic heterocycles. The minimum absolute atomic E-state index is 0.0684. The third-order valence-electron chi connectivity index (χ3n) is 3.89. The molecule has 14 heavy (non-hydrogen) atoms. The largest absolute Gasteiger partial charge is 0.356 e. The Morgan fingerprint density at radius 2 is 1.79 bits per heavy atom. The molecule has 1 fully saturated rings. The van der Waals surface area contributed by atoms with Crippen LogP contribution in [0.25, 0.3) is 0 Å². The molecule has 0 radical (unpaired) electrons. The van der Waals surface area contributed by atoms with Gasteiger partial charge < -0.3 is 4.74 Å². The first-order chi connectivity index (χ1) is 6.51. The van der Waals surface area contributed by atoms with Crippen LogP contribution in [0.2, 0.25) is 0 Å². The minimum atomic E-state index is 0.0684. The average molecular weight is 199 g/mol. The van der Waals surface area contributed by atoms with Gasteiger partial charge in [0.2, 0.25) is 0 Å². The lowest BCUT2D eigenvalue weighted by atomic mass is 9.70. The van der Waals surface area contributed by atoms with Gasteiger partial charge in [-0.15, -0.1) is 0 Å². The Hall–Kier alpha value is -0.0800. The van der Waals surface area contributed by atoms with Crippen LogP contribution in [-0.2, 0) is 4.74 Å². The Bertz CT molecular complexity index is 185. The average Bonchev–Trinajstić information content (AvgIpc) is 2.18. The molecule has 2 nitrogen and oxygen atoms in total. The van der Waals surface area contributed by atoms with Crippen LogP contribution in [0.5, 0.6) is 0 Å². The number of hydrogen-bond acceptors (Lipinski definition) is 2. The zero-order valence-electron chi connectivity index (χ0n) is 10.3. The molecule has 1 unspecified atom stereocenters. The van der Waals surface area contributed by atoms with E-state index in [0.717, 1.165) is 25.8 Å². The smallest absolute Gasteiger partial charge is 0.108 e. The molecule has 1 aliphatic rings. The van der Waals surface area contributed by atoms with Crippen molar-refractivity contribution in [3.05, 3.63) is 0 Å². The van der Waals surface area contributed by atoms with Gasteiger partial charge in [-0.25, -0.2) is 0 Å². The Balaban J connectivity index is 2.84. The molecule has 2 heteroatoms. The number of hydrogen-bond donors (Lipinski definition) is 1. The third-order valence-corrected chi connectivity index (χ3v) is 3.89. The van der Waals surface area contributed by atoms with E-state index in [-0.39, 0.29) is 17.2 Å². The van der Waals surface area contributed by atoms with Gasteiger partial charge in [-0.1, -0.05) is 34.6 Å². The molecular formula is C12H25NO. The molecule has 1 N–H and O–H groups in total. The van der Waals surface area contributed by atoms with Gasteiger partial charge in [-0.2, -0.15) is 0 Å². The molecule has 1 saturated heterocycles. The highest BCUT2D eigenvalue weighted by atomic mass is 16.5. The van der Waals surface area contributed by atoms with Gasteiger partial charge in [-0.05, 0) is 19.3 Å². The van der Waals surface area contributed by atoms with E-state index in [0.29, 0.717) is 0 Å². The Kier molecular flexibility index (Phi) is 3.59. The summed E-state index contributed by atoms with van der Waals surface area (Å²) in [6.07, 6.45) is 3.52. The molecule has 0 bridgehead atoms. The van der Waals surface area contributed by atoms with E-state index >= 15 is 0 Å². The lowest BCUT2D eigenvalue weighted by molar-refractivity contribution is -0.203. The number of ether oxygens (including phenoxy) is 1. The molecule has 0 spiro atoms. The van der Waals surface area contributed by atoms with E-state index < -0.39 is 0 Å². The summed E-state index contributed by atoms with van der Waals surface area (Å²) in [5.74, 6) is 0. The Morgan fingerprint density at radius 3 is 2.21 bits per heavy atom. The zero-order chi connectivity index (χ0) is 10.8. The topological polar surface area (TPSA) is 21.3 Å². The van der Waals surface area contributed by atoms with Gasteiger partial charge in [0, 0.05) is 12.0 Å². The van der Waals surface area contributed by atoms with Crippen LogP contribution in [0.4, 0.5) is 0 Å². The summed E-state index contributed by atoms with van der Waals surface area (Å²) in [6, 6.07) is 0. The molecular weight excluding hydrogens is 174 g/mol. The predicted molar refractivity (Wildman–Crippen MR) is 60.3 cm³/mol. The van der Waals surface area contributed by atoms with Crippen molar-refractivity contribution < 1.29 is 4.74 Å². The zero-order valence-corrected chi connectivity index (χ0v) is 10.3. The molecule has 1 aliphatic heterocycles. The van der Waals surface area contributed by atoms with Gasteiger partial charge in [0.1, 0.15) is 6.23 Å². The van der Waals surface area contributed by atoms with Crippen molar-refractivity contribution in [2.75, 3.05) is 6.54 Å². The maximum Gasteiger partial charge on any atom is 0.108 e. The van der Waals surface area contributed by atoms with Crippen LogP contribution in [0.15, 0.2) is 0 Å². The number of nitrogens with one attached hydrogen (secondary N) is 1. The van der Waals surface area contributed by atoms with Crippen LogP contribution >= 0.6 is 0 Å². The van der Waals surface area contributed by atoms with E-state index in [1.165, 1.54) is 0 Å². The highest BCUT2D eigenvalue weighted by molar-refractivity contribution is 4.98. The highest BCUT2D eigenvalue weighted by Crippen LogP contribution is 2.42. The van der Waals surface area contributed by atoms with Gasteiger partial charge in [0.05, 0.1) is 5.60 Å². The fraction of sp³-hybridized carbons (Fsp3) is 1.00. The van der Waals surface area contributed by atoms with Crippen LogP contribution in [0.1, 0.15) is 53.9 Å².